The van der Waals surface area contributed by atoms with Crippen LogP contribution in [0, 0.1) is 6.92 Å². The highest BCUT2D eigenvalue weighted by Crippen LogP contribution is 2.47. The maximum absolute atomic E-state index is 13.3. The van der Waals surface area contributed by atoms with E-state index < -0.39 is 23.9 Å². The van der Waals surface area contributed by atoms with Crippen LogP contribution < -0.4 is 5.32 Å². The Labute approximate surface area is 121 Å². The number of halogens is 7. The lowest BCUT2D eigenvalue weighted by Gasteiger charge is -2.27. The van der Waals surface area contributed by atoms with E-state index in [0.29, 0.717) is 5.56 Å². The van der Waals surface area contributed by atoms with Gasteiger partial charge in [0, 0.05) is 5.69 Å². The van der Waals surface area contributed by atoms with Crippen molar-refractivity contribution in [2.24, 2.45) is 0 Å². The number of hydrogen-bond acceptors (Lipinski definition) is 1. The smallest absolute Gasteiger partial charge is 0.320 e. The molecular formula is C13H12F7NO. The number of alkyl halides is 7. The van der Waals surface area contributed by atoms with Crippen molar-refractivity contribution in [3.8, 4) is 0 Å². The van der Waals surface area contributed by atoms with Gasteiger partial charge in [-0.15, -0.1) is 0 Å². The van der Waals surface area contributed by atoms with Gasteiger partial charge in [0.05, 0.1) is 0 Å². The number of rotatable bonds is 4. The van der Waals surface area contributed by atoms with Gasteiger partial charge in [-0.2, -0.15) is 30.7 Å². The minimum Gasteiger partial charge on any atom is -0.320 e. The number of para-hydroxylation sites is 1. The lowest BCUT2D eigenvalue weighted by molar-refractivity contribution is -0.343. The zero-order valence-electron chi connectivity index (χ0n) is 11.5. The maximum Gasteiger partial charge on any atom is 0.460 e. The van der Waals surface area contributed by atoms with Crippen LogP contribution in [0.5, 0.6) is 0 Å². The molecule has 0 spiro atoms. The average Bonchev–Trinajstić information content (AvgIpc) is 2.39. The standard InChI is InChI=1S/C13H12F7NO/c1-3-8-6-4-5-7(2)9(8)21-10(22)11(14,15)12(16,17)13(18,19)20/h4-6H,3H2,1-2H3,(H,21,22). The summed E-state index contributed by atoms with van der Waals surface area (Å²) in [6, 6.07) is 4.36. The Hall–Kier alpha value is -1.80. The van der Waals surface area contributed by atoms with Crippen LogP contribution in [0.4, 0.5) is 36.4 Å². The molecule has 0 unspecified atom stereocenters. The first-order valence-electron chi connectivity index (χ1n) is 6.08. The Morgan fingerprint density at radius 1 is 1.09 bits per heavy atom. The molecule has 0 aliphatic carbocycles. The summed E-state index contributed by atoms with van der Waals surface area (Å²) in [6.45, 7) is 3.00. The zero-order valence-corrected chi connectivity index (χ0v) is 11.5. The van der Waals surface area contributed by atoms with Crippen LogP contribution in [0.1, 0.15) is 18.1 Å². The van der Waals surface area contributed by atoms with Crippen LogP contribution >= 0.6 is 0 Å². The molecule has 2 nitrogen and oxygen atoms in total. The molecule has 0 saturated carbocycles. The molecule has 0 fully saturated rings. The molecule has 124 valence electrons. The van der Waals surface area contributed by atoms with Crippen molar-refractivity contribution in [3.05, 3.63) is 29.3 Å². The molecule has 0 atom stereocenters. The Bertz CT molecular complexity index is 566. The Morgan fingerprint density at radius 3 is 2.09 bits per heavy atom. The van der Waals surface area contributed by atoms with Crippen LogP contribution in [0.15, 0.2) is 18.2 Å². The van der Waals surface area contributed by atoms with Gasteiger partial charge in [0.2, 0.25) is 0 Å². The number of amides is 1. The number of aryl methyl sites for hydroxylation is 2. The van der Waals surface area contributed by atoms with E-state index in [1.165, 1.54) is 30.4 Å². The Kier molecular flexibility index (Phi) is 4.79. The predicted molar refractivity (Wildman–Crippen MR) is 65.1 cm³/mol. The molecule has 9 heteroatoms. The fourth-order valence-electron chi connectivity index (χ4n) is 1.71. The van der Waals surface area contributed by atoms with Crippen molar-refractivity contribution in [2.75, 3.05) is 5.32 Å². The first-order valence-corrected chi connectivity index (χ1v) is 6.08. The number of hydrogen-bond donors (Lipinski definition) is 1. The highest BCUT2D eigenvalue weighted by molar-refractivity contribution is 5.98. The normalized spacial score (nSPS) is 13.1. The van der Waals surface area contributed by atoms with Gasteiger partial charge in [-0.1, -0.05) is 25.1 Å². The molecule has 0 aromatic heterocycles. The van der Waals surface area contributed by atoms with Gasteiger partial charge >= 0.3 is 23.9 Å². The van der Waals surface area contributed by atoms with Crippen LogP contribution in [0.2, 0.25) is 0 Å². The highest BCUT2D eigenvalue weighted by atomic mass is 19.4. The second-order valence-corrected chi connectivity index (χ2v) is 4.56. The minimum atomic E-state index is -6.55. The maximum atomic E-state index is 13.3. The zero-order chi connectivity index (χ0) is 17.3. The Balaban J connectivity index is 3.18. The predicted octanol–water partition coefficient (Wildman–Crippen LogP) is 4.33. The van der Waals surface area contributed by atoms with Crippen LogP contribution in [0.3, 0.4) is 0 Å². The monoisotopic (exact) mass is 331 g/mol. The fraction of sp³-hybridized carbons (Fsp3) is 0.462. The summed E-state index contributed by atoms with van der Waals surface area (Å²) >= 11 is 0. The quantitative estimate of drug-likeness (QED) is 0.818. The largest absolute Gasteiger partial charge is 0.460 e. The Morgan fingerprint density at radius 2 is 1.64 bits per heavy atom. The van der Waals surface area contributed by atoms with Gasteiger partial charge in [-0.25, -0.2) is 0 Å². The topological polar surface area (TPSA) is 29.1 Å². The molecule has 0 saturated heterocycles. The summed E-state index contributed by atoms with van der Waals surface area (Å²) in [5.74, 6) is -15.1. The van der Waals surface area contributed by atoms with E-state index in [-0.39, 0.29) is 17.7 Å². The van der Waals surface area contributed by atoms with Gasteiger partial charge in [-0.3, -0.25) is 4.79 Å². The third-order valence-electron chi connectivity index (χ3n) is 3.01. The first kappa shape index (κ1) is 18.2. The minimum absolute atomic E-state index is 0.201. The number of carbonyl (C=O) groups excluding carboxylic acids is 1. The van der Waals surface area contributed by atoms with Gasteiger partial charge < -0.3 is 5.32 Å². The molecule has 0 heterocycles. The van der Waals surface area contributed by atoms with Gasteiger partial charge in [-0.05, 0) is 24.5 Å². The van der Waals surface area contributed by atoms with Gasteiger partial charge in [0.15, 0.2) is 0 Å². The number of benzene rings is 1. The summed E-state index contributed by atoms with van der Waals surface area (Å²) in [5, 5.41) is 1.48. The third-order valence-corrected chi connectivity index (χ3v) is 3.01. The molecule has 1 amide bonds. The van der Waals surface area contributed by atoms with E-state index >= 15 is 0 Å². The average molecular weight is 331 g/mol. The fourth-order valence-corrected chi connectivity index (χ4v) is 1.71. The second-order valence-electron chi connectivity index (χ2n) is 4.56. The molecular weight excluding hydrogens is 319 g/mol. The van der Waals surface area contributed by atoms with E-state index in [2.05, 4.69) is 0 Å². The van der Waals surface area contributed by atoms with Crippen molar-refractivity contribution < 1.29 is 35.5 Å². The SMILES string of the molecule is CCc1cccc(C)c1NC(=O)C(F)(F)C(F)(F)C(F)(F)F. The van der Waals surface area contributed by atoms with E-state index in [1.807, 2.05) is 0 Å². The van der Waals surface area contributed by atoms with Crippen LogP contribution in [0.25, 0.3) is 0 Å². The highest BCUT2D eigenvalue weighted by Gasteiger charge is 2.76. The van der Waals surface area contributed by atoms with Crippen LogP contribution in [-0.4, -0.2) is 23.9 Å². The molecule has 1 N–H and O–H groups in total. The van der Waals surface area contributed by atoms with Crippen molar-refractivity contribution in [2.45, 2.75) is 38.3 Å². The van der Waals surface area contributed by atoms with Crippen molar-refractivity contribution >= 4 is 11.6 Å². The molecule has 22 heavy (non-hydrogen) atoms. The summed E-state index contributed by atoms with van der Waals surface area (Å²) in [4.78, 5) is 11.3. The molecule has 0 radical (unpaired) electrons. The van der Waals surface area contributed by atoms with Crippen LogP contribution in [-0.2, 0) is 11.2 Å². The summed E-state index contributed by atoms with van der Waals surface area (Å²) in [5.41, 5.74) is 0.394. The van der Waals surface area contributed by atoms with Crippen molar-refractivity contribution in [1.82, 2.24) is 0 Å². The van der Waals surface area contributed by atoms with Crippen molar-refractivity contribution in [3.63, 3.8) is 0 Å². The first-order chi connectivity index (χ1) is 9.86. The molecule has 1 rings (SSSR count). The van der Waals surface area contributed by atoms with E-state index in [9.17, 15) is 35.5 Å². The number of nitrogens with one attached hydrogen (secondary N) is 1. The third kappa shape index (κ3) is 3.02. The van der Waals surface area contributed by atoms with Crippen molar-refractivity contribution in [1.29, 1.82) is 0 Å². The van der Waals surface area contributed by atoms with Gasteiger partial charge in [0.25, 0.3) is 0 Å². The lowest BCUT2D eigenvalue weighted by Crippen LogP contribution is -2.57. The molecule has 0 aliphatic rings. The van der Waals surface area contributed by atoms with E-state index in [4.69, 9.17) is 0 Å². The molecule has 0 aliphatic heterocycles. The molecule has 1 aromatic carbocycles. The number of carbonyl (C=O) groups is 1. The number of anilines is 1. The van der Waals surface area contributed by atoms with E-state index in [0.717, 1.165) is 0 Å². The summed E-state index contributed by atoms with van der Waals surface area (Å²) in [6.07, 6.45) is -6.29. The molecule has 1 aromatic rings. The second kappa shape index (κ2) is 5.77. The molecule has 0 bridgehead atoms. The lowest BCUT2D eigenvalue weighted by atomic mass is 10.0. The summed E-state index contributed by atoms with van der Waals surface area (Å²) < 4.78 is 88.3. The van der Waals surface area contributed by atoms with E-state index in [1.54, 1.807) is 6.92 Å². The van der Waals surface area contributed by atoms with Gasteiger partial charge in [0.1, 0.15) is 0 Å². The summed E-state index contributed by atoms with van der Waals surface area (Å²) in [7, 11) is 0.